The third kappa shape index (κ3) is 3.54. The third-order valence-corrected chi connectivity index (χ3v) is 5.83. The highest BCUT2D eigenvalue weighted by atomic mass is 32.2. The fourth-order valence-electron chi connectivity index (χ4n) is 2.66. The van der Waals surface area contributed by atoms with Crippen molar-refractivity contribution >= 4 is 10.0 Å². The lowest BCUT2D eigenvalue weighted by molar-refractivity contribution is 0.372. The van der Waals surface area contributed by atoms with Crippen LogP contribution in [0.15, 0.2) is 16.9 Å². The molecule has 2 N–H and O–H groups in total. The monoisotopic (exact) mass is 358 g/mol. The molecule has 0 unspecified atom stereocenters. The van der Waals surface area contributed by atoms with Gasteiger partial charge in [0, 0.05) is 25.1 Å². The fraction of sp³-hybridized carbons (Fsp3) is 0.429. The van der Waals surface area contributed by atoms with E-state index >= 15 is 0 Å². The molecule has 0 saturated carbocycles. The smallest absolute Gasteiger partial charge is 0.293 e. The molecule has 10 heteroatoms. The SMILES string of the molecule is O=c1[nH]nc(Cc2cc(F)c(CN3CCCCS3(=O)=O)cc2F)[nH]1. The molecule has 7 nitrogen and oxygen atoms in total. The molecule has 1 aliphatic rings. The molecule has 1 aromatic carbocycles. The zero-order valence-electron chi connectivity index (χ0n) is 12.7. The number of rotatable bonds is 4. The first-order valence-electron chi connectivity index (χ1n) is 7.43. The Labute approximate surface area is 136 Å². The summed E-state index contributed by atoms with van der Waals surface area (Å²) in [6, 6.07) is 2.01. The normalized spacial score (nSPS) is 17.9. The first kappa shape index (κ1) is 16.8. The molecule has 0 atom stereocenters. The number of nitrogens with zero attached hydrogens (tertiary/aromatic N) is 2. The molecule has 0 radical (unpaired) electrons. The molecule has 130 valence electrons. The van der Waals surface area contributed by atoms with Crippen molar-refractivity contribution in [1.29, 1.82) is 0 Å². The van der Waals surface area contributed by atoms with Crippen LogP contribution in [0.5, 0.6) is 0 Å². The summed E-state index contributed by atoms with van der Waals surface area (Å²) in [5, 5.41) is 5.79. The second-order valence-corrected chi connectivity index (χ2v) is 7.78. The van der Waals surface area contributed by atoms with E-state index in [1.54, 1.807) is 0 Å². The highest BCUT2D eigenvalue weighted by molar-refractivity contribution is 7.89. The van der Waals surface area contributed by atoms with E-state index in [0.29, 0.717) is 19.4 Å². The first-order chi connectivity index (χ1) is 11.3. The predicted molar refractivity (Wildman–Crippen MR) is 81.8 cm³/mol. The van der Waals surface area contributed by atoms with Gasteiger partial charge in [-0.25, -0.2) is 27.1 Å². The number of nitrogens with one attached hydrogen (secondary N) is 2. The van der Waals surface area contributed by atoms with Gasteiger partial charge >= 0.3 is 5.69 Å². The minimum Gasteiger partial charge on any atom is -0.293 e. The highest BCUT2D eigenvalue weighted by Crippen LogP contribution is 2.22. The number of hydrogen-bond acceptors (Lipinski definition) is 4. The van der Waals surface area contributed by atoms with E-state index in [1.165, 1.54) is 4.31 Å². The zero-order chi connectivity index (χ0) is 17.3. The van der Waals surface area contributed by atoms with E-state index in [-0.39, 0.29) is 35.7 Å². The molecule has 0 amide bonds. The summed E-state index contributed by atoms with van der Waals surface area (Å²) >= 11 is 0. The van der Waals surface area contributed by atoms with Gasteiger partial charge in [-0.1, -0.05) is 0 Å². The molecule has 1 aliphatic heterocycles. The average molecular weight is 358 g/mol. The van der Waals surface area contributed by atoms with Crippen molar-refractivity contribution in [1.82, 2.24) is 19.5 Å². The summed E-state index contributed by atoms with van der Waals surface area (Å²) in [5.74, 6) is -1.15. The van der Waals surface area contributed by atoms with Crippen LogP contribution in [-0.2, 0) is 23.0 Å². The Bertz CT molecular complexity index is 907. The van der Waals surface area contributed by atoms with Gasteiger partial charge in [0.15, 0.2) is 0 Å². The van der Waals surface area contributed by atoms with E-state index in [9.17, 15) is 22.0 Å². The maximum Gasteiger partial charge on any atom is 0.340 e. The third-order valence-electron chi connectivity index (χ3n) is 3.92. The van der Waals surface area contributed by atoms with Gasteiger partial charge in [-0.05, 0) is 30.5 Å². The Kier molecular flexibility index (Phi) is 4.50. The molecule has 24 heavy (non-hydrogen) atoms. The molecule has 3 rings (SSSR count). The Morgan fingerprint density at radius 3 is 2.54 bits per heavy atom. The lowest BCUT2D eigenvalue weighted by Crippen LogP contribution is -2.37. The quantitative estimate of drug-likeness (QED) is 0.848. The van der Waals surface area contributed by atoms with Crippen molar-refractivity contribution in [3.63, 3.8) is 0 Å². The van der Waals surface area contributed by atoms with Crippen molar-refractivity contribution < 1.29 is 17.2 Å². The summed E-state index contributed by atoms with van der Waals surface area (Å²) in [4.78, 5) is 13.3. The summed E-state index contributed by atoms with van der Waals surface area (Å²) in [6.07, 6.45) is 1.20. The van der Waals surface area contributed by atoms with Gasteiger partial charge in [0.05, 0.1) is 5.75 Å². The van der Waals surface area contributed by atoms with Crippen LogP contribution in [0.4, 0.5) is 8.78 Å². The second kappa shape index (κ2) is 6.44. The number of benzene rings is 1. The predicted octanol–water partition coefficient (Wildman–Crippen LogP) is 0.893. The number of halogens is 2. The maximum atomic E-state index is 14.3. The number of aromatic nitrogens is 3. The van der Waals surface area contributed by atoms with Crippen LogP contribution in [0.25, 0.3) is 0 Å². The first-order valence-corrected chi connectivity index (χ1v) is 9.04. The van der Waals surface area contributed by atoms with E-state index in [0.717, 1.165) is 12.1 Å². The van der Waals surface area contributed by atoms with Crippen LogP contribution >= 0.6 is 0 Å². The van der Waals surface area contributed by atoms with E-state index in [4.69, 9.17) is 0 Å². The molecule has 0 bridgehead atoms. The minimum absolute atomic E-state index is 0.0164. The van der Waals surface area contributed by atoms with Crippen LogP contribution in [0, 0.1) is 11.6 Å². The maximum absolute atomic E-state index is 14.3. The standard InChI is InChI=1S/C14H16F2N4O3S/c15-11-6-10(8-20-3-1-2-4-24(20,22)23)12(16)5-9(11)7-13-17-14(21)19-18-13/h5-6H,1-4,7-8H2,(H2,17,18,19,21). The summed E-state index contributed by atoms with van der Waals surface area (Å²) in [6.45, 7) is 0.115. The van der Waals surface area contributed by atoms with Gasteiger partial charge in [0.2, 0.25) is 10.0 Å². The van der Waals surface area contributed by atoms with Crippen molar-refractivity contribution in [2.75, 3.05) is 12.3 Å². The molecule has 2 aromatic rings. The molecule has 2 heterocycles. The van der Waals surface area contributed by atoms with Gasteiger partial charge in [-0.2, -0.15) is 9.40 Å². The van der Waals surface area contributed by atoms with Crippen molar-refractivity contribution in [3.8, 4) is 0 Å². The second-order valence-electron chi connectivity index (χ2n) is 5.69. The van der Waals surface area contributed by atoms with Crippen LogP contribution in [0.2, 0.25) is 0 Å². The average Bonchev–Trinajstić information content (AvgIpc) is 2.91. The van der Waals surface area contributed by atoms with E-state index < -0.39 is 27.3 Å². The van der Waals surface area contributed by atoms with Crippen molar-refractivity contribution in [3.05, 3.63) is 51.2 Å². The van der Waals surface area contributed by atoms with Gasteiger partial charge in [-0.15, -0.1) is 0 Å². The zero-order valence-corrected chi connectivity index (χ0v) is 13.5. The van der Waals surface area contributed by atoms with E-state index in [1.807, 2.05) is 0 Å². The van der Waals surface area contributed by atoms with Gasteiger partial charge in [-0.3, -0.25) is 4.98 Å². The van der Waals surface area contributed by atoms with Crippen LogP contribution in [-0.4, -0.2) is 40.2 Å². The Balaban J connectivity index is 1.83. The van der Waals surface area contributed by atoms with Crippen LogP contribution in [0.3, 0.4) is 0 Å². The van der Waals surface area contributed by atoms with Gasteiger partial charge in [0.1, 0.15) is 17.5 Å². The highest BCUT2D eigenvalue weighted by Gasteiger charge is 2.27. The Morgan fingerprint density at radius 2 is 1.88 bits per heavy atom. The van der Waals surface area contributed by atoms with Gasteiger partial charge < -0.3 is 0 Å². The van der Waals surface area contributed by atoms with Crippen LogP contribution < -0.4 is 5.69 Å². The summed E-state index contributed by atoms with van der Waals surface area (Å²) in [5.41, 5.74) is -0.518. The molecule has 1 saturated heterocycles. The minimum atomic E-state index is -3.42. The van der Waals surface area contributed by atoms with E-state index in [2.05, 4.69) is 15.2 Å². The molecular weight excluding hydrogens is 342 g/mol. The number of sulfonamides is 1. The molecule has 1 aromatic heterocycles. The van der Waals surface area contributed by atoms with Gasteiger partial charge in [0.25, 0.3) is 0 Å². The number of aromatic amines is 2. The molecule has 1 fully saturated rings. The lowest BCUT2D eigenvalue weighted by atomic mass is 10.1. The lowest BCUT2D eigenvalue weighted by Gasteiger charge is -2.26. The van der Waals surface area contributed by atoms with Crippen molar-refractivity contribution in [2.24, 2.45) is 0 Å². The van der Waals surface area contributed by atoms with Crippen LogP contribution in [0.1, 0.15) is 29.8 Å². The fourth-order valence-corrected chi connectivity index (χ4v) is 4.23. The Morgan fingerprint density at radius 1 is 1.17 bits per heavy atom. The molecule has 0 spiro atoms. The number of hydrogen-bond donors (Lipinski definition) is 2. The largest absolute Gasteiger partial charge is 0.340 e. The summed E-state index contributed by atoms with van der Waals surface area (Å²) in [7, 11) is -3.42. The summed E-state index contributed by atoms with van der Waals surface area (Å²) < 4.78 is 53.6. The topological polar surface area (TPSA) is 98.9 Å². The molecule has 0 aliphatic carbocycles. The van der Waals surface area contributed by atoms with Crippen molar-refractivity contribution in [2.45, 2.75) is 25.8 Å². The number of H-pyrrole nitrogens is 2. The Hall–Kier alpha value is -2.07. The molecular formula is C14H16F2N4O3S.